The Morgan fingerprint density at radius 3 is 3.19 bits per heavy atom. The number of aryl methyl sites for hydroxylation is 1. The number of hydrogen-bond donors (Lipinski definition) is 1. The normalized spacial score (nSPS) is 18.0. The van der Waals surface area contributed by atoms with Gasteiger partial charge in [0.1, 0.15) is 11.2 Å². The van der Waals surface area contributed by atoms with Crippen molar-refractivity contribution in [2.24, 2.45) is 7.05 Å². The van der Waals surface area contributed by atoms with E-state index in [1.165, 1.54) is 4.57 Å². The number of hydrogen-bond acceptors (Lipinski definition) is 4. The molecule has 0 aromatic carbocycles. The van der Waals surface area contributed by atoms with Gasteiger partial charge in [-0.15, -0.1) is 0 Å². The van der Waals surface area contributed by atoms with Crippen molar-refractivity contribution in [2.45, 2.75) is 18.9 Å². The van der Waals surface area contributed by atoms with E-state index >= 15 is 0 Å². The zero-order valence-corrected chi connectivity index (χ0v) is 11.8. The molecule has 1 aliphatic rings. The highest BCUT2D eigenvalue weighted by Crippen LogP contribution is 2.12. The number of aromatic nitrogens is 2. The zero-order chi connectivity index (χ0) is 14.8. The second kappa shape index (κ2) is 5.65. The molecule has 0 bridgehead atoms. The van der Waals surface area contributed by atoms with Gasteiger partial charge in [0.15, 0.2) is 0 Å². The van der Waals surface area contributed by atoms with Crippen LogP contribution < -0.4 is 10.9 Å². The van der Waals surface area contributed by atoms with Gasteiger partial charge in [0, 0.05) is 31.8 Å². The number of ether oxygens (including phenoxy) is 1. The van der Waals surface area contributed by atoms with E-state index in [1.54, 1.807) is 25.4 Å². The number of fused-ring (bicyclic) bond motifs is 1. The van der Waals surface area contributed by atoms with Gasteiger partial charge >= 0.3 is 0 Å². The summed E-state index contributed by atoms with van der Waals surface area (Å²) in [7, 11) is 1.62. The Hall–Kier alpha value is -2.21. The smallest absolute Gasteiger partial charge is 0.264 e. The fourth-order valence-electron chi connectivity index (χ4n) is 2.57. The van der Waals surface area contributed by atoms with Crippen molar-refractivity contribution in [1.29, 1.82) is 0 Å². The lowest BCUT2D eigenvalue weighted by molar-refractivity contribution is 0.0856. The van der Waals surface area contributed by atoms with Crippen LogP contribution in [-0.4, -0.2) is 34.7 Å². The van der Waals surface area contributed by atoms with Crippen molar-refractivity contribution in [3.63, 3.8) is 0 Å². The number of carbonyl (C=O) groups is 1. The van der Waals surface area contributed by atoms with Gasteiger partial charge < -0.3 is 10.1 Å². The molecule has 21 heavy (non-hydrogen) atoms. The molecule has 1 saturated heterocycles. The minimum Gasteiger partial charge on any atom is -0.376 e. The molecule has 2 aromatic heterocycles. The van der Waals surface area contributed by atoms with Crippen molar-refractivity contribution in [3.05, 3.63) is 40.3 Å². The highest BCUT2D eigenvalue weighted by molar-refractivity contribution is 5.96. The number of amides is 1. The van der Waals surface area contributed by atoms with Crippen LogP contribution in [-0.2, 0) is 11.8 Å². The predicted molar refractivity (Wildman–Crippen MR) is 78.3 cm³/mol. The predicted octanol–water partition coefficient (Wildman–Crippen LogP) is 0.842. The largest absolute Gasteiger partial charge is 0.376 e. The summed E-state index contributed by atoms with van der Waals surface area (Å²) in [6.45, 7) is 1.18. The van der Waals surface area contributed by atoms with Crippen molar-refractivity contribution in [1.82, 2.24) is 14.9 Å². The van der Waals surface area contributed by atoms with Crippen LogP contribution in [0.5, 0.6) is 0 Å². The topological polar surface area (TPSA) is 73.2 Å². The molecule has 1 fully saturated rings. The highest BCUT2D eigenvalue weighted by atomic mass is 16.5. The lowest BCUT2D eigenvalue weighted by Crippen LogP contribution is -2.36. The van der Waals surface area contributed by atoms with Crippen LogP contribution in [0, 0.1) is 0 Å². The number of rotatable bonds is 3. The molecule has 1 atom stereocenters. The van der Waals surface area contributed by atoms with Gasteiger partial charge in [-0.2, -0.15) is 0 Å². The van der Waals surface area contributed by atoms with Gasteiger partial charge in [0.05, 0.1) is 6.10 Å². The summed E-state index contributed by atoms with van der Waals surface area (Å²) in [4.78, 5) is 28.6. The number of carbonyl (C=O) groups excluding carboxylic acids is 1. The number of pyridine rings is 2. The van der Waals surface area contributed by atoms with Gasteiger partial charge in [-0.1, -0.05) is 0 Å². The van der Waals surface area contributed by atoms with Crippen LogP contribution in [0.4, 0.5) is 0 Å². The van der Waals surface area contributed by atoms with E-state index in [0.717, 1.165) is 24.8 Å². The van der Waals surface area contributed by atoms with Crippen LogP contribution in [0.1, 0.15) is 23.2 Å². The first-order valence-corrected chi connectivity index (χ1v) is 7.01. The monoisotopic (exact) mass is 287 g/mol. The minimum absolute atomic E-state index is 0.0555. The van der Waals surface area contributed by atoms with E-state index in [0.29, 0.717) is 12.2 Å². The van der Waals surface area contributed by atoms with Crippen molar-refractivity contribution in [3.8, 4) is 0 Å². The summed E-state index contributed by atoms with van der Waals surface area (Å²) in [6.07, 6.45) is 3.64. The Kier molecular flexibility index (Phi) is 3.70. The Bertz CT molecular complexity index is 733. The summed E-state index contributed by atoms with van der Waals surface area (Å²) < 4.78 is 6.85. The highest BCUT2D eigenvalue weighted by Gasteiger charge is 2.19. The Morgan fingerprint density at radius 2 is 2.43 bits per heavy atom. The van der Waals surface area contributed by atoms with Gasteiger partial charge in [-0.25, -0.2) is 4.98 Å². The summed E-state index contributed by atoms with van der Waals surface area (Å²) in [5, 5.41) is 3.54. The van der Waals surface area contributed by atoms with Crippen LogP contribution >= 0.6 is 0 Å². The SMILES string of the molecule is Cn1c(=O)c(C(=O)NCC2CCCO2)cc2cccnc21. The molecule has 3 rings (SSSR count). The molecule has 0 radical (unpaired) electrons. The van der Waals surface area contributed by atoms with E-state index in [1.807, 2.05) is 6.07 Å². The average molecular weight is 287 g/mol. The average Bonchev–Trinajstić information content (AvgIpc) is 3.02. The maximum absolute atomic E-state index is 12.3. The molecule has 1 aliphatic heterocycles. The van der Waals surface area contributed by atoms with Crippen LogP contribution in [0.2, 0.25) is 0 Å². The standard InChI is InChI=1S/C15H17N3O3/c1-18-13-10(4-2-6-16-13)8-12(15(18)20)14(19)17-9-11-5-3-7-21-11/h2,4,6,8,11H,3,5,7,9H2,1H3,(H,17,19). The fraction of sp³-hybridized carbons (Fsp3) is 0.400. The number of nitrogens with one attached hydrogen (secondary N) is 1. The quantitative estimate of drug-likeness (QED) is 0.908. The van der Waals surface area contributed by atoms with Gasteiger partial charge in [-0.05, 0) is 31.0 Å². The van der Waals surface area contributed by atoms with Gasteiger partial charge in [0.25, 0.3) is 11.5 Å². The third-order valence-corrected chi connectivity index (χ3v) is 3.73. The van der Waals surface area contributed by atoms with E-state index in [9.17, 15) is 9.59 Å². The molecule has 6 heteroatoms. The Morgan fingerprint density at radius 1 is 1.57 bits per heavy atom. The summed E-state index contributed by atoms with van der Waals surface area (Å²) in [5.41, 5.74) is 0.361. The molecule has 2 aromatic rings. The molecule has 1 amide bonds. The molecule has 1 N–H and O–H groups in total. The molecular weight excluding hydrogens is 270 g/mol. The molecular formula is C15H17N3O3. The zero-order valence-electron chi connectivity index (χ0n) is 11.8. The second-order valence-corrected chi connectivity index (χ2v) is 5.18. The maximum atomic E-state index is 12.3. The van der Waals surface area contributed by atoms with E-state index in [-0.39, 0.29) is 23.1 Å². The molecule has 1 unspecified atom stereocenters. The molecule has 0 aliphatic carbocycles. The van der Waals surface area contributed by atoms with Gasteiger partial charge in [-0.3, -0.25) is 14.2 Å². The number of nitrogens with zero attached hydrogens (tertiary/aromatic N) is 2. The third-order valence-electron chi connectivity index (χ3n) is 3.73. The first-order valence-electron chi connectivity index (χ1n) is 7.01. The second-order valence-electron chi connectivity index (χ2n) is 5.18. The lowest BCUT2D eigenvalue weighted by Gasteiger charge is -2.11. The van der Waals surface area contributed by atoms with Crippen LogP contribution in [0.15, 0.2) is 29.2 Å². The lowest BCUT2D eigenvalue weighted by atomic mass is 10.2. The van der Waals surface area contributed by atoms with Crippen LogP contribution in [0.3, 0.4) is 0 Å². The molecule has 0 saturated carbocycles. The molecule has 0 spiro atoms. The van der Waals surface area contributed by atoms with E-state index in [4.69, 9.17) is 4.74 Å². The third kappa shape index (κ3) is 2.67. The van der Waals surface area contributed by atoms with Crippen molar-refractivity contribution >= 4 is 16.9 Å². The first kappa shape index (κ1) is 13.8. The van der Waals surface area contributed by atoms with E-state index in [2.05, 4.69) is 10.3 Å². The molecule has 110 valence electrons. The Labute approximate surface area is 121 Å². The van der Waals surface area contributed by atoms with Crippen molar-refractivity contribution < 1.29 is 9.53 Å². The van der Waals surface area contributed by atoms with Gasteiger partial charge in [0.2, 0.25) is 0 Å². The molecule has 6 nitrogen and oxygen atoms in total. The summed E-state index contributed by atoms with van der Waals surface area (Å²) in [6, 6.07) is 5.20. The first-order chi connectivity index (χ1) is 10.2. The van der Waals surface area contributed by atoms with Crippen LogP contribution in [0.25, 0.3) is 11.0 Å². The van der Waals surface area contributed by atoms with E-state index < -0.39 is 0 Å². The fourth-order valence-corrected chi connectivity index (χ4v) is 2.57. The minimum atomic E-state index is -0.364. The van der Waals surface area contributed by atoms with Crippen molar-refractivity contribution in [2.75, 3.05) is 13.2 Å². The summed E-state index contributed by atoms with van der Waals surface area (Å²) >= 11 is 0. The Balaban J connectivity index is 1.87. The summed E-state index contributed by atoms with van der Waals surface area (Å²) in [5.74, 6) is -0.364. The maximum Gasteiger partial charge on any atom is 0.264 e. The molecule has 3 heterocycles.